The molecule has 0 heterocycles. The Morgan fingerprint density at radius 3 is 2.94 bits per heavy atom. The molecule has 17 heavy (non-hydrogen) atoms. The number of hydrogen-bond donors (Lipinski definition) is 2. The largest absolute Gasteiger partial charge is 0.389 e. The van der Waals surface area contributed by atoms with Crippen LogP contribution in [0.5, 0.6) is 0 Å². The van der Waals surface area contributed by atoms with E-state index < -0.39 is 11.4 Å². The molecule has 0 spiro atoms. The van der Waals surface area contributed by atoms with Gasteiger partial charge in [0.05, 0.1) is 10.6 Å². The molecule has 94 valence electrons. The highest BCUT2D eigenvalue weighted by Gasteiger charge is 2.33. The maximum absolute atomic E-state index is 13.0. The quantitative estimate of drug-likeness (QED) is 0.856. The summed E-state index contributed by atoms with van der Waals surface area (Å²) in [5.74, 6) is -0.428. The number of hydrogen-bond acceptors (Lipinski definition) is 2. The molecular weight excluding hydrogens is 241 g/mol. The van der Waals surface area contributed by atoms with Crippen molar-refractivity contribution in [2.75, 3.05) is 0 Å². The number of aliphatic hydroxyl groups is 1. The summed E-state index contributed by atoms with van der Waals surface area (Å²) >= 11 is 5.72. The second-order valence-corrected chi connectivity index (χ2v) is 5.41. The molecule has 1 aliphatic carbocycles. The molecule has 0 saturated heterocycles. The van der Waals surface area contributed by atoms with Gasteiger partial charge in [-0.05, 0) is 43.4 Å². The summed E-state index contributed by atoms with van der Waals surface area (Å²) < 4.78 is 13.0. The average molecular weight is 258 g/mol. The van der Waals surface area contributed by atoms with Gasteiger partial charge in [0, 0.05) is 12.5 Å². The molecule has 2 unspecified atom stereocenters. The highest BCUT2D eigenvalue weighted by molar-refractivity contribution is 6.30. The number of rotatable bonds is 2. The van der Waals surface area contributed by atoms with Crippen LogP contribution in [0.3, 0.4) is 0 Å². The first-order valence-electron chi connectivity index (χ1n) is 5.90. The minimum absolute atomic E-state index is 0.0599. The molecule has 2 nitrogen and oxygen atoms in total. The first-order valence-corrected chi connectivity index (χ1v) is 6.28. The monoisotopic (exact) mass is 257 g/mol. The lowest BCUT2D eigenvalue weighted by Gasteiger charge is -2.35. The molecule has 2 rings (SSSR count). The van der Waals surface area contributed by atoms with Crippen LogP contribution in [-0.4, -0.2) is 16.7 Å². The van der Waals surface area contributed by atoms with E-state index in [9.17, 15) is 9.50 Å². The third-order valence-electron chi connectivity index (χ3n) is 3.38. The summed E-state index contributed by atoms with van der Waals surface area (Å²) in [6, 6.07) is 4.64. The fourth-order valence-corrected chi connectivity index (χ4v) is 2.78. The Kier molecular flexibility index (Phi) is 3.71. The lowest BCUT2D eigenvalue weighted by Crippen LogP contribution is -2.42. The van der Waals surface area contributed by atoms with Crippen LogP contribution in [0.25, 0.3) is 0 Å². The van der Waals surface area contributed by atoms with Gasteiger partial charge in [-0.2, -0.15) is 0 Å². The second-order valence-electron chi connectivity index (χ2n) is 5.01. The fourth-order valence-electron chi connectivity index (χ4n) is 2.58. The molecule has 0 bridgehead atoms. The third kappa shape index (κ3) is 3.18. The lowest BCUT2D eigenvalue weighted by molar-refractivity contribution is -0.00191. The van der Waals surface area contributed by atoms with Crippen LogP contribution in [0.4, 0.5) is 4.39 Å². The van der Waals surface area contributed by atoms with Crippen molar-refractivity contribution in [3.05, 3.63) is 34.6 Å². The summed E-state index contributed by atoms with van der Waals surface area (Å²) in [6.45, 7) is 0. The van der Waals surface area contributed by atoms with Gasteiger partial charge in [-0.25, -0.2) is 4.39 Å². The SMILES string of the molecule is NC1CCCC(O)(Cc2ccc(F)c(Cl)c2)C1. The molecule has 3 N–H and O–H groups in total. The molecule has 1 saturated carbocycles. The smallest absolute Gasteiger partial charge is 0.141 e. The van der Waals surface area contributed by atoms with Gasteiger partial charge in [0.1, 0.15) is 5.82 Å². The van der Waals surface area contributed by atoms with Crippen molar-refractivity contribution < 1.29 is 9.50 Å². The highest BCUT2D eigenvalue weighted by atomic mass is 35.5. The summed E-state index contributed by atoms with van der Waals surface area (Å²) in [7, 11) is 0. The van der Waals surface area contributed by atoms with E-state index >= 15 is 0 Å². The predicted octanol–water partition coefficient (Wildman–Crippen LogP) is 2.65. The molecule has 2 atom stereocenters. The van der Waals surface area contributed by atoms with Crippen molar-refractivity contribution >= 4 is 11.6 Å². The van der Waals surface area contributed by atoms with Gasteiger partial charge in [0.15, 0.2) is 0 Å². The van der Waals surface area contributed by atoms with Gasteiger partial charge in [-0.15, -0.1) is 0 Å². The average Bonchev–Trinajstić information content (AvgIpc) is 2.22. The Morgan fingerprint density at radius 1 is 1.53 bits per heavy atom. The first kappa shape index (κ1) is 12.8. The summed E-state index contributed by atoms with van der Waals surface area (Å²) in [4.78, 5) is 0. The number of benzene rings is 1. The van der Waals surface area contributed by atoms with E-state index in [1.54, 1.807) is 12.1 Å². The van der Waals surface area contributed by atoms with Crippen molar-refractivity contribution in [3.63, 3.8) is 0 Å². The van der Waals surface area contributed by atoms with E-state index in [0.717, 1.165) is 24.8 Å². The molecular formula is C13H17ClFNO. The standard InChI is InChI=1S/C13H17ClFNO/c14-11-6-9(3-4-12(11)15)7-13(17)5-1-2-10(16)8-13/h3-4,6,10,17H,1-2,5,7-8,16H2. The Hall–Kier alpha value is -0.640. The van der Waals surface area contributed by atoms with Gasteiger partial charge in [-0.1, -0.05) is 17.7 Å². The molecule has 0 aromatic heterocycles. The molecule has 1 aromatic rings. The van der Waals surface area contributed by atoms with E-state index in [-0.39, 0.29) is 11.1 Å². The highest BCUT2D eigenvalue weighted by Crippen LogP contribution is 2.31. The zero-order valence-corrected chi connectivity index (χ0v) is 10.4. The number of nitrogens with two attached hydrogens (primary N) is 1. The molecule has 1 fully saturated rings. The van der Waals surface area contributed by atoms with Crippen LogP contribution in [0, 0.1) is 5.82 Å². The maximum atomic E-state index is 13.0. The van der Waals surface area contributed by atoms with Gasteiger partial charge in [-0.3, -0.25) is 0 Å². The third-order valence-corrected chi connectivity index (χ3v) is 3.67. The van der Waals surface area contributed by atoms with Crippen molar-refractivity contribution in [1.29, 1.82) is 0 Å². The topological polar surface area (TPSA) is 46.2 Å². The fraction of sp³-hybridized carbons (Fsp3) is 0.538. The summed E-state index contributed by atoms with van der Waals surface area (Å²) in [6.07, 6.45) is 3.73. The van der Waals surface area contributed by atoms with Crippen LogP contribution in [0.1, 0.15) is 31.2 Å². The zero-order chi connectivity index (χ0) is 12.5. The first-order chi connectivity index (χ1) is 7.98. The molecule has 0 amide bonds. The minimum atomic E-state index is -0.765. The molecule has 0 aliphatic heterocycles. The van der Waals surface area contributed by atoms with Crippen molar-refractivity contribution in [2.24, 2.45) is 5.73 Å². The summed E-state index contributed by atoms with van der Waals surface area (Å²) in [5.41, 5.74) is 5.96. The second kappa shape index (κ2) is 4.92. The van der Waals surface area contributed by atoms with Crippen LogP contribution in [-0.2, 0) is 6.42 Å². The van der Waals surface area contributed by atoms with Crippen LogP contribution >= 0.6 is 11.6 Å². The van der Waals surface area contributed by atoms with Crippen LogP contribution in [0.15, 0.2) is 18.2 Å². The van der Waals surface area contributed by atoms with Gasteiger partial charge >= 0.3 is 0 Å². The van der Waals surface area contributed by atoms with E-state index in [2.05, 4.69) is 0 Å². The zero-order valence-electron chi connectivity index (χ0n) is 9.63. The van der Waals surface area contributed by atoms with Gasteiger partial charge in [0.25, 0.3) is 0 Å². The van der Waals surface area contributed by atoms with E-state index in [1.165, 1.54) is 6.07 Å². The Morgan fingerprint density at radius 2 is 2.29 bits per heavy atom. The van der Waals surface area contributed by atoms with Crippen molar-refractivity contribution in [2.45, 2.75) is 43.7 Å². The van der Waals surface area contributed by atoms with Gasteiger partial charge in [0.2, 0.25) is 0 Å². The molecule has 1 aromatic carbocycles. The Bertz CT molecular complexity index is 412. The van der Waals surface area contributed by atoms with Crippen LogP contribution < -0.4 is 5.73 Å². The normalized spacial score (nSPS) is 29.3. The van der Waals surface area contributed by atoms with E-state index in [4.69, 9.17) is 17.3 Å². The van der Waals surface area contributed by atoms with E-state index in [1.807, 2.05) is 0 Å². The van der Waals surface area contributed by atoms with Crippen LogP contribution in [0.2, 0.25) is 5.02 Å². The number of halogens is 2. The predicted molar refractivity (Wildman–Crippen MR) is 66.5 cm³/mol. The molecule has 0 radical (unpaired) electrons. The summed E-state index contributed by atoms with van der Waals surface area (Å²) in [5, 5.41) is 10.5. The Balaban J connectivity index is 2.11. The maximum Gasteiger partial charge on any atom is 0.141 e. The van der Waals surface area contributed by atoms with Crippen molar-refractivity contribution in [1.82, 2.24) is 0 Å². The Labute approximate surface area is 106 Å². The lowest BCUT2D eigenvalue weighted by atomic mass is 9.78. The molecule has 4 heteroatoms. The van der Waals surface area contributed by atoms with Crippen molar-refractivity contribution in [3.8, 4) is 0 Å². The minimum Gasteiger partial charge on any atom is -0.389 e. The van der Waals surface area contributed by atoms with Gasteiger partial charge < -0.3 is 10.8 Å². The van der Waals surface area contributed by atoms with E-state index in [0.29, 0.717) is 12.8 Å². The molecule has 1 aliphatic rings.